The van der Waals surface area contributed by atoms with Crippen molar-refractivity contribution in [2.24, 2.45) is 0 Å². The van der Waals surface area contributed by atoms with Crippen LogP contribution in [0.1, 0.15) is 0 Å². The highest BCUT2D eigenvalue weighted by atomic mass is 35.5. The zero-order valence-electron chi connectivity index (χ0n) is 13.2. The number of rotatable bonds is 9. The lowest BCUT2D eigenvalue weighted by Crippen LogP contribution is -2.28. The largest absolute Gasteiger partial charge is 0.394 e. The summed E-state index contributed by atoms with van der Waals surface area (Å²) >= 11 is 11.9. The molecule has 25 heavy (non-hydrogen) atoms. The summed E-state index contributed by atoms with van der Waals surface area (Å²) in [5, 5.41) is 12.5. The SMILES string of the molecule is O=S(=O)(NCCOCCO)c1ccccc1Nc1cc(Cl)cc(Cl)c1. The smallest absolute Gasteiger partial charge is 0.242 e. The van der Waals surface area contributed by atoms with Crippen LogP contribution in [0.4, 0.5) is 11.4 Å². The second kappa shape index (κ2) is 9.38. The lowest BCUT2D eigenvalue weighted by Gasteiger charge is -2.14. The molecular weight excluding hydrogens is 387 g/mol. The molecule has 136 valence electrons. The van der Waals surface area contributed by atoms with E-state index in [2.05, 4.69) is 10.0 Å². The van der Waals surface area contributed by atoms with Crippen LogP contribution in [-0.4, -0.2) is 39.9 Å². The molecule has 0 atom stereocenters. The molecule has 6 nitrogen and oxygen atoms in total. The minimum Gasteiger partial charge on any atom is -0.394 e. The van der Waals surface area contributed by atoms with Gasteiger partial charge in [-0.05, 0) is 30.3 Å². The molecule has 2 rings (SSSR count). The Morgan fingerprint density at radius 3 is 2.40 bits per heavy atom. The number of aliphatic hydroxyl groups is 1. The third kappa shape index (κ3) is 6.14. The van der Waals surface area contributed by atoms with Gasteiger partial charge in [-0.3, -0.25) is 0 Å². The zero-order valence-corrected chi connectivity index (χ0v) is 15.5. The molecule has 0 fully saturated rings. The van der Waals surface area contributed by atoms with E-state index in [9.17, 15) is 8.42 Å². The molecule has 0 amide bonds. The number of ether oxygens (including phenoxy) is 1. The lowest BCUT2D eigenvalue weighted by molar-refractivity contribution is 0.0961. The number of halogens is 2. The van der Waals surface area contributed by atoms with Crippen molar-refractivity contribution in [1.82, 2.24) is 4.72 Å². The fraction of sp³-hybridized carbons (Fsp3) is 0.250. The molecule has 0 aromatic heterocycles. The van der Waals surface area contributed by atoms with Crippen LogP contribution in [0.5, 0.6) is 0 Å². The highest BCUT2D eigenvalue weighted by Crippen LogP contribution is 2.28. The summed E-state index contributed by atoms with van der Waals surface area (Å²) in [5.74, 6) is 0. The molecular formula is C16H18Cl2N2O4S. The van der Waals surface area contributed by atoms with E-state index < -0.39 is 10.0 Å². The standard InChI is InChI=1S/C16H18Cl2N2O4S/c17-12-9-13(18)11-14(10-12)20-15-3-1-2-4-16(15)25(22,23)19-5-7-24-8-6-21/h1-4,9-11,19-21H,5-8H2. The number of sulfonamides is 1. The Hall–Kier alpha value is -1.35. The molecule has 2 aromatic carbocycles. The Morgan fingerprint density at radius 2 is 1.72 bits per heavy atom. The van der Waals surface area contributed by atoms with Crippen LogP contribution in [0.15, 0.2) is 47.4 Å². The Bertz CT molecular complexity index is 795. The van der Waals surface area contributed by atoms with Crippen LogP contribution < -0.4 is 10.0 Å². The van der Waals surface area contributed by atoms with Crippen molar-refractivity contribution in [3.63, 3.8) is 0 Å². The Labute approximate surface area is 156 Å². The van der Waals surface area contributed by atoms with E-state index in [0.29, 0.717) is 21.4 Å². The van der Waals surface area contributed by atoms with Gasteiger partial charge in [-0.15, -0.1) is 0 Å². The fourth-order valence-corrected chi connectivity index (χ4v) is 3.78. The Balaban J connectivity index is 2.16. The summed E-state index contributed by atoms with van der Waals surface area (Å²) in [6.45, 7) is 0.316. The Kier molecular flexibility index (Phi) is 7.49. The normalized spacial score (nSPS) is 11.5. The topological polar surface area (TPSA) is 87.7 Å². The van der Waals surface area contributed by atoms with E-state index in [1.165, 1.54) is 6.07 Å². The van der Waals surface area contributed by atoms with Gasteiger partial charge in [0.1, 0.15) is 4.90 Å². The van der Waals surface area contributed by atoms with Gasteiger partial charge in [0.2, 0.25) is 10.0 Å². The van der Waals surface area contributed by atoms with Crippen LogP contribution >= 0.6 is 23.2 Å². The van der Waals surface area contributed by atoms with Gasteiger partial charge in [0, 0.05) is 22.3 Å². The van der Waals surface area contributed by atoms with Crippen LogP contribution in [0.3, 0.4) is 0 Å². The summed E-state index contributed by atoms with van der Waals surface area (Å²) in [6, 6.07) is 11.4. The maximum atomic E-state index is 12.5. The molecule has 0 saturated carbocycles. The van der Waals surface area contributed by atoms with Crippen LogP contribution in [0.2, 0.25) is 10.0 Å². The van der Waals surface area contributed by atoms with E-state index in [1.54, 1.807) is 36.4 Å². The summed E-state index contributed by atoms with van der Waals surface area (Å²) in [5.41, 5.74) is 0.969. The quantitative estimate of drug-likeness (QED) is 0.559. The number of hydrogen-bond acceptors (Lipinski definition) is 5. The minimum atomic E-state index is -3.74. The van der Waals surface area contributed by atoms with Crippen molar-refractivity contribution in [2.75, 3.05) is 31.7 Å². The van der Waals surface area contributed by atoms with Crippen LogP contribution in [-0.2, 0) is 14.8 Å². The number of aliphatic hydroxyl groups excluding tert-OH is 1. The molecule has 0 unspecified atom stereocenters. The molecule has 3 N–H and O–H groups in total. The first-order chi connectivity index (χ1) is 11.9. The monoisotopic (exact) mass is 404 g/mol. The van der Waals surface area contributed by atoms with Gasteiger partial charge in [-0.2, -0.15) is 0 Å². The maximum Gasteiger partial charge on any atom is 0.242 e. The van der Waals surface area contributed by atoms with Gasteiger partial charge in [0.15, 0.2) is 0 Å². The van der Waals surface area contributed by atoms with Crippen molar-refractivity contribution in [3.8, 4) is 0 Å². The van der Waals surface area contributed by atoms with E-state index in [4.69, 9.17) is 33.0 Å². The second-order valence-corrected chi connectivity index (χ2v) is 7.62. The van der Waals surface area contributed by atoms with E-state index in [-0.39, 0.29) is 31.3 Å². The van der Waals surface area contributed by atoms with Crippen molar-refractivity contribution in [1.29, 1.82) is 0 Å². The van der Waals surface area contributed by atoms with Crippen molar-refractivity contribution in [2.45, 2.75) is 4.90 Å². The summed E-state index contributed by atoms with van der Waals surface area (Å²) in [7, 11) is -3.74. The molecule has 0 bridgehead atoms. The molecule has 0 saturated heterocycles. The predicted molar refractivity (Wildman–Crippen MR) is 99.3 cm³/mol. The van der Waals surface area contributed by atoms with Crippen molar-refractivity contribution >= 4 is 44.6 Å². The fourth-order valence-electron chi connectivity index (χ4n) is 2.08. The van der Waals surface area contributed by atoms with Gasteiger partial charge in [-0.1, -0.05) is 35.3 Å². The number of nitrogens with one attached hydrogen (secondary N) is 2. The van der Waals surface area contributed by atoms with Crippen molar-refractivity contribution < 1.29 is 18.3 Å². The van der Waals surface area contributed by atoms with E-state index >= 15 is 0 Å². The van der Waals surface area contributed by atoms with E-state index in [1.807, 2.05) is 0 Å². The van der Waals surface area contributed by atoms with E-state index in [0.717, 1.165) is 0 Å². The highest BCUT2D eigenvalue weighted by Gasteiger charge is 2.18. The third-order valence-electron chi connectivity index (χ3n) is 3.09. The first-order valence-corrected chi connectivity index (χ1v) is 9.67. The second-order valence-electron chi connectivity index (χ2n) is 5.01. The summed E-state index contributed by atoms with van der Waals surface area (Å²) in [4.78, 5) is 0.0910. The first kappa shape index (κ1) is 20.0. The van der Waals surface area contributed by atoms with Crippen LogP contribution in [0, 0.1) is 0 Å². The molecule has 0 spiro atoms. The molecule has 0 radical (unpaired) electrons. The number of anilines is 2. The molecule has 0 aliphatic carbocycles. The molecule has 0 heterocycles. The Morgan fingerprint density at radius 1 is 1.04 bits per heavy atom. The summed E-state index contributed by atoms with van der Waals surface area (Å²) < 4.78 is 32.5. The molecule has 9 heteroatoms. The summed E-state index contributed by atoms with van der Waals surface area (Å²) in [6.07, 6.45) is 0. The molecule has 0 aliphatic rings. The highest BCUT2D eigenvalue weighted by molar-refractivity contribution is 7.89. The zero-order chi connectivity index (χ0) is 18.3. The van der Waals surface area contributed by atoms with Crippen LogP contribution in [0.25, 0.3) is 0 Å². The van der Waals surface area contributed by atoms with Gasteiger partial charge >= 0.3 is 0 Å². The molecule has 0 aliphatic heterocycles. The average Bonchev–Trinajstić information content (AvgIpc) is 2.54. The van der Waals surface area contributed by atoms with Gasteiger partial charge < -0.3 is 15.2 Å². The van der Waals surface area contributed by atoms with Gasteiger partial charge in [0.05, 0.1) is 25.5 Å². The molecule has 2 aromatic rings. The minimum absolute atomic E-state index is 0.0910. The number of hydrogen-bond donors (Lipinski definition) is 3. The third-order valence-corrected chi connectivity index (χ3v) is 5.05. The number of para-hydroxylation sites is 1. The first-order valence-electron chi connectivity index (χ1n) is 7.43. The maximum absolute atomic E-state index is 12.5. The number of benzene rings is 2. The van der Waals surface area contributed by atoms with Crippen molar-refractivity contribution in [3.05, 3.63) is 52.5 Å². The van der Waals surface area contributed by atoms with Gasteiger partial charge in [-0.25, -0.2) is 13.1 Å². The average molecular weight is 405 g/mol. The lowest BCUT2D eigenvalue weighted by atomic mass is 10.2. The predicted octanol–water partition coefficient (Wildman–Crippen LogP) is 3.02. The van der Waals surface area contributed by atoms with Gasteiger partial charge in [0.25, 0.3) is 0 Å².